The first-order chi connectivity index (χ1) is 9.36. The van der Waals surface area contributed by atoms with Gasteiger partial charge in [-0.15, -0.1) is 0 Å². The third-order valence-corrected chi connectivity index (χ3v) is 3.23. The molecule has 0 aromatic carbocycles. The van der Waals surface area contributed by atoms with Gasteiger partial charge in [-0.2, -0.15) is 0 Å². The first kappa shape index (κ1) is 16.2. The van der Waals surface area contributed by atoms with Crippen LogP contribution >= 0.6 is 0 Å². The molecule has 1 rings (SSSR count). The summed E-state index contributed by atoms with van der Waals surface area (Å²) in [7, 11) is 0. The van der Waals surface area contributed by atoms with Crippen molar-refractivity contribution in [1.29, 1.82) is 0 Å². The van der Waals surface area contributed by atoms with E-state index >= 15 is 0 Å². The third kappa shape index (κ3) is 8.02. The van der Waals surface area contributed by atoms with Gasteiger partial charge in [-0.05, 0) is 39.3 Å². The Morgan fingerprint density at radius 2 is 2.11 bits per heavy atom. The average Bonchev–Trinajstić information content (AvgIpc) is 2.46. The molecule has 1 aliphatic rings. The average molecular weight is 271 g/mol. The molecule has 1 fully saturated rings. The molecule has 0 aliphatic carbocycles. The van der Waals surface area contributed by atoms with E-state index in [2.05, 4.69) is 20.6 Å². The van der Waals surface area contributed by atoms with E-state index in [4.69, 9.17) is 10.6 Å². The number of nitrogens with two attached hydrogens (primary N) is 1. The summed E-state index contributed by atoms with van der Waals surface area (Å²) in [6.45, 7) is 8.63. The lowest BCUT2D eigenvalue weighted by Gasteiger charge is -2.26. The highest BCUT2D eigenvalue weighted by Gasteiger charge is 2.09. The lowest BCUT2D eigenvalue weighted by atomic mass is 10.1. The first-order valence-corrected chi connectivity index (χ1v) is 7.42. The van der Waals surface area contributed by atoms with E-state index in [1.165, 1.54) is 32.4 Å². The molecule has 6 heteroatoms. The van der Waals surface area contributed by atoms with Gasteiger partial charge in [0.15, 0.2) is 0 Å². The van der Waals surface area contributed by atoms with Crippen LogP contribution in [-0.2, 0) is 4.74 Å². The van der Waals surface area contributed by atoms with Gasteiger partial charge >= 0.3 is 0 Å². The predicted molar refractivity (Wildman–Crippen MR) is 79.0 cm³/mol. The van der Waals surface area contributed by atoms with Crippen LogP contribution in [0, 0.1) is 0 Å². The number of ether oxygens (including phenoxy) is 1. The fourth-order valence-corrected chi connectivity index (χ4v) is 2.17. The van der Waals surface area contributed by atoms with Crippen molar-refractivity contribution in [3.8, 4) is 0 Å². The number of hydrogen-bond donors (Lipinski definition) is 3. The minimum atomic E-state index is 0.675. The van der Waals surface area contributed by atoms with E-state index in [1.54, 1.807) is 0 Å². The highest BCUT2D eigenvalue weighted by molar-refractivity contribution is 5.79. The van der Waals surface area contributed by atoms with Crippen LogP contribution in [0.3, 0.4) is 0 Å². The Morgan fingerprint density at radius 1 is 1.32 bits per heavy atom. The Balaban J connectivity index is 2.07. The standard InChI is InChI=1S/C13H29N5O/c1-2-19-12-6-7-15-13(17-14)16-8-11-18-9-4-3-5-10-18/h2-12,14H2,1H3,(H2,15,16,17). The zero-order valence-corrected chi connectivity index (χ0v) is 12.2. The van der Waals surface area contributed by atoms with Crippen LogP contribution in [0.4, 0.5) is 0 Å². The van der Waals surface area contributed by atoms with Gasteiger partial charge < -0.3 is 15.0 Å². The molecule has 4 N–H and O–H groups in total. The minimum Gasteiger partial charge on any atom is -0.382 e. The summed E-state index contributed by atoms with van der Waals surface area (Å²) in [4.78, 5) is 6.85. The Hall–Kier alpha value is -0.850. The Labute approximate surface area is 116 Å². The summed E-state index contributed by atoms with van der Waals surface area (Å²) < 4.78 is 5.26. The normalized spacial score (nSPS) is 17.5. The van der Waals surface area contributed by atoms with Crippen LogP contribution < -0.4 is 16.6 Å². The van der Waals surface area contributed by atoms with E-state index in [0.717, 1.165) is 39.3 Å². The largest absolute Gasteiger partial charge is 0.382 e. The number of hydrogen-bond acceptors (Lipinski definition) is 4. The maximum atomic E-state index is 5.44. The summed E-state index contributed by atoms with van der Waals surface area (Å²) in [5, 5.41) is 3.24. The number of aliphatic imine (C=N–C) groups is 1. The number of hydrazine groups is 1. The molecule has 0 radical (unpaired) electrons. The van der Waals surface area contributed by atoms with Crippen LogP contribution in [-0.4, -0.2) is 56.8 Å². The molecular formula is C13H29N5O. The lowest BCUT2D eigenvalue weighted by molar-refractivity contribution is 0.146. The summed E-state index contributed by atoms with van der Waals surface area (Å²) in [5.41, 5.74) is 2.61. The Bertz CT molecular complexity index is 241. The van der Waals surface area contributed by atoms with Crippen molar-refractivity contribution in [3.63, 3.8) is 0 Å². The van der Waals surface area contributed by atoms with Crippen LogP contribution in [0.5, 0.6) is 0 Å². The molecule has 0 atom stereocenters. The summed E-state index contributed by atoms with van der Waals surface area (Å²) in [6.07, 6.45) is 4.95. The third-order valence-electron chi connectivity index (χ3n) is 3.23. The highest BCUT2D eigenvalue weighted by atomic mass is 16.5. The number of nitrogens with one attached hydrogen (secondary N) is 2. The predicted octanol–water partition coefficient (Wildman–Crippen LogP) is 0.308. The smallest absolute Gasteiger partial charge is 0.205 e. The second kappa shape index (κ2) is 11.0. The van der Waals surface area contributed by atoms with Crippen molar-refractivity contribution in [2.24, 2.45) is 10.8 Å². The Kier molecular flexibility index (Phi) is 9.40. The number of likely N-dealkylation sites (tertiary alicyclic amines) is 1. The summed E-state index contributed by atoms with van der Waals surface area (Å²) >= 11 is 0. The van der Waals surface area contributed by atoms with Crippen molar-refractivity contribution in [3.05, 3.63) is 0 Å². The topological polar surface area (TPSA) is 74.9 Å². The maximum absolute atomic E-state index is 5.44. The molecule has 1 aliphatic heterocycles. The number of guanidine groups is 1. The molecule has 112 valence electrons. The molecule has 19 heavy (non-hydrogen) atoms. The van der Waals surface area contributed by atoms with E-state index < -0.39 is 0 Å². The quantitative estimate of drug-likeness (QED) is 0.195. The number of rotatable bonds is 8. The van der Waals surface area contributed by atoms with Crippen molar-refractivity contribution < 1.29 is 4.74 Å². The molecule has 1 saturated heterocycles. The van der Waals surface area contributed by atoms with Gasteiger partial charge in [0.2, 0.25) is 5.96 Å². The molecule has 0 unspecified atom stereocenters. The van der Waals surface area contributed by atoms with E-state index in [0.29, 0.717) is 5.96 Å². The molecule has 0 spiro atoms. The number of piperidine rings is 1. The molecule has 1 heterocycles. The van der Waals surface area contributed by atoms with Crippen LogP contribution in [0.2, 0.25) is 0 Å². The minimum absolute atomic E-state index is 0.675. The van der Waals surface area contributed by atoms with Gasteiger partial charge in [0, 0.05) is 32.8 Å². The van der Waals surface area contributed by atoms with Gasteiger partial charge in [-0.3, -0.25) is 10.4 Å². The second-order valence-corrected chi connectivity index (χ2v) is 4.75. The summed E-state index contributed by atoms with van der Waals surface area (Å²) in [6, 6.07) is 0. The molecule has 0 amide bonds. The molecule has 0 saturated carbocycles. The van der Waals surface area contributed by atoms with Gasteiger partial charge in [-0.25, -0.2) is 5.84 Å². The Morgan fingerprint density at radius 3 is 2.79 bits per heavy atom. The van der Waals surface area contributed by atoms with Crippen molar-refractivity contribution in [2.75, 3.05) is 45.9 Å². The molecule has 0 bridgehead atoms. The molecule has 0 aromatic rings. The zero-order chi connectivity index (χ0) is 13.8. The first-order valence-electron chi connectivity index (χ1n) is 7.42. The second-order valence-electron chi connectivity index (χ2n) is 4.75. The van der Waals surface area contributed by atoms with E-state index in [9.17, 15) is 0 Å². The number of nitrogens with zero attached hydrogens (tertiary/aromatic N) is 2. The van der Waals surface area contributed by atoms with Crippen molar-refractivity contribution in [2.45, 2.75) is 32.6 Å². The lowest BCUT2D eigenvalue weighted by Crippen LogP contribution is -2.45. The van der Waals surface area contributed by atoms with Crippen LogP contribution in [0.1, 0.15) is 32.6 Å². The van der Waals surface area contributed by atoms with Crippen molar-refractivity contribution >= 4 is 5.96 Å². The van der Waals surface area contributed by atoms with Crippen molar-refractivity contribution in [1.82, 2.24) is 15.6 Å². The SMILES string of the molecule is CCOCCCN=C(NN)NCCN1CCCCC1. The van der Waals surface area contributed by atoms with Gasteiger partial charge in [-0.1, -0.05) is 6.42 Å². The van der Waals surface area contributed by atoms with Gasteiger partial charge in [0.1, 0.15) is 0 Å². The van der Waals surface area contributed by atoms with Crippen LogP contribution in [0.25, 0.3) is 0 Å². The van der Waals surface area contributed by atoms with E-state index in [-0.39, 0.29) is 0 Å². The van der Waals surface area contributed by atoms with Gasteiger partial charge in [0.25, 0.3) is 0 Å². The van der Waals surface area contributed by atoms with Crippen LogP contribution in [0.15, 0.2) is 4.99 Å². The van der Waals surface area contributed by atoms with Gasteiger partial charge in [0.05, 0.1) is 0 Å². The zero-order valence-electron chi connectivity index (χ0n) is 12.2. The molecular weight excluding hydrogens is 242 g/mol. The monoisotopic (exact) mass is 271 g/mol. The fraction of sp³-hybridized carbons (Fsp3) is 0.923. The molecule has 6 nitrogen and oxygen atoms in total. The molecule has 0 aromatic heterocycles. The van der Waals surface area contributed by atoms with E-state index in [1.807, 2.05) is 6.92 Å². The summed E-state index contributed by atoms with van der Waals surface area (Å²) in [5.74, 6) is 6.12. The maximum Gasteiger partial charge on any atom is 0.205 e. The highest BCUT2D eigenvalue weighted by Crippen LogP contribution is 2.07. The fourth-order valence-electron chi connectivity index (χ4n) is 2.17.